The summed E-state index contributed by atoms with van der Waals surface area (Å²) in [6.45, 7) is 3.55. The Bertz CT molecular complexity index is 902. The lowest BCUT2D eigenvalue weighted by Gasteiger charge is -2.30. The number of methoxy groups -OCH3 is 2. The Morgan fingerprint density at radius 3 is 2.59 bits per heavy atom. The molecule has 27 heavy (non-hydrogen) atoms. The Morgan fingerprint density at radius 1 is 1.07 bits per heavy atom. The summed E-state index contributed by atoms with van der Waals surface area (Å²) in [6, 6.07) is 8.14. The minimum absolute atomic E-state index is 0.396. The number of benzene rings is 1. The molecule has 0 N–H and O–H groups in total. The van der Waals surface area contributed by atoms with Crippen LogP contribution >= 0.6 is 0 Å². The lowest BCUT2D eigenvalue weighted by Crippen LogP contribution is -2.36. The molecule has 1 saturated heterocycles. The summed E-state index contributed by atoms with van der Waals surface area (Å²) < 4.78 is 12.7. The fourth-order valence-electron chi connectivity index (χ4n) is 3.71. The van der Waals surface area contributed by atoms with Crippen LogP contribution in [0.25, 0.3) is 10.8 Å². The summed E-state index contributed by atoms with van der Waals surface area (Å²) in [5.41, 5.74) is 2.10. The molecule has 0 radical (unpaired) electrons. The van der Waals surface area contributed by atoms with Gasteiger partial charge in [0, 0.05) is 43.9 Å². The zero-order valence-corrected chi connectivity index (χ0v) is 15.8. The summed E-state index contributed by atoms with van der Waals surface area (Å²) >= 11 is 0. The van der Waals surface area contributed by atoms with Gasteiger partial charge in [-0.1, -0.05) is 23.4 Å². The normalized spacial score (nSPS) is 16.1. The second-order valence-electron chi connectivity index (χ2n) is 6.96. The van der Waals surface area contributed by atoms with Gasteiger partial charge in [-0.3, -0.25) is 4.90 Å². The zero-order valence-electron chi connectivity index (χ0n) is 15.8. The van der Waals surface area contributed by atoms with Gasteiger partial charge < -0.3 is 9.47 Å². The smallest absolute Gasteiger partial charge is 0.221 e. The highest BCUT2D eigenvalue weighted by atomic mass is 16.5. The van der Waals surface area contributed by atoms with Crippen LogP contribution in [0.5, 0.6) is 5.88 Å². The Balaban J connectivity index is 1.46. The summed E-state index contributed by atoms with van der Waals surface area (Å²) in [5, 5.41) is 10.8. The van der Waals surface area contributed by atoms with E-state index in [4.69, 9.17) is 9.47 Å². The van der Waals surface area contributed by atoms with E-state index in [0.717, 1.165) is 54.5 Å². The fraction of sp³-hybridized carbons (Fsp3) is 0.450. The summed E-state index contributed by atoms with van der Waals surface area (Å²) in [4.78, 5) is 6.84. The number of piperidine rings is 1. The predicted octanol–water partition coefficient (Wildman–Crippen LogP) is 2.49. The predicted molar refractivity (Wildman–Crippen MR) is 103 cm³/mol. The Kier molecular flexibility index (Phi) is 5.31. The third kappa shape index (κ3) is 3.94. The van der Waals surface area contributed by atoms with Crippen LogP contribution in [0.2, 0.25) is 0 Å². The standard InChI is InChI=1S/C20H25N5O2/c1-26-17-7-9-24(10-8-17)13-16-14-25(23-22-16)12-15-11-21-20(27-2)19-6-4-3-5-18(15)19/h3-6,11,14,17H,7-10,12-13H2,1-2H3. The van der Waals surface area contributed by atoms with Crippen molar-refractivity contribution in [1.82, 2.24) is 24.9 Å². The zero-order chi connectivity index (χ0) is 18.6. The van der Waals surface area contributed by atoms with Crippen LogP contribution in [0.1, 0.15) is 24.1 Å². The summed E-state index contributed by atoms with van der Waals surface area (Å²) in [5.74, 6) is 0.646. The first-order chi connectivity index (χ1) is 13.3. The molecule has 0 atom stereocenters. The number of fused-ring (bicyclic) bond motifs is 1. The van der Waals surface area contributed by atoms with Crippen molar-refractivity contribution in [2.75, 3.05) is 27.3 Å². The largest absolute Gasteiger partial charge is 0.481 e. The maximum absolute atomic E-state index is 5.44. The fourth-order valence-corrected chi connectivity index (χ4v) is 3.71. The topological polar surface area (TPSA) is 65.3 Å². The number of hydrogen-bond donors (Lipinski definition) is 0. The molecule has 0 bridgehead atoms. The highest BCUT2D eigenvalue weighted by molar-refractivity contribution is 5.89. The maximum atomic E-state index is 5.44. The van der Waals surface area contributed by atoms with Gasteiger partial charge in [0.1, 0.15) is 0 Å². The number of nitrogens with zero attached hydrogens (tertiary/aromatic N) is 5. The Labute approximate surface area is 158 Å². The average molecular weight is 367 g/mol. The third-order valence-electron chi connectivity index (χ3n) is 5.21. The Morgan fingerprint density at radius 2 is 1.85 bits per heavy atom. The number of ether oxygens (including phenoxy) is 2. The molecule has 2 aromatic heterocycles. The molecular formula is C20H25N5O2. The first-order valence-electron chi connectivity index (χ1n) is 9.31. The molecule has 1 aliphatic heterocycles. The van der Waals surface area contributed by atoms with E-state index in [2.05, 4.69) is 26.3 Å². The van der Waals surface area contributed by atoms with E-state index in [9.17, 15) is 0 Å². The monoisotopic (exact) mass is 367 g/mol. The second-order valence-corrected chi connectivity index (χ2v) is 6.96. The van der Waals surface area contributed by atoms with Crippen LogP contribution in [-0.4, -0.2) is 58.3 Å². The molecule has 0 spiro atoms. The van der Waals surface area contributed by atoms with Crippen LogP contribution in [0.15, 0.2) is 36.7 Å². The first kappa shape index (κ1) is 17.9. The molecule has 1 aliphatic rings. The first-order valence-corrected chi connectivity index (χ1v) is 9.31. The van der Waals surface area contributed by atoms with E-state index in [1.807, 2.05) is 35.3 Å². The summed E-state index contributed by atoms with van der Waals surface area (Å²) in [7, 11) is 3.44. The minimum atomic E-state index is 0.396. The second kappa shape index (κ2) is 8.02. The average Bonchev–Trinajstić information content (AvgIpc) is 3.15. The van der Waals surface area contributed by atoms with Gasteiger partial charge in [-0.25, -0.2) is 9.67 Å². The van der Waals surface area contributed by atoms with E-state index in [1.54, 1.807) is 14.2 Å². The van der Waals surface area contributed by atoms with Crippen LogP contribution in [0.3, 0.4) is 0 Å². The van der Waals surface area contributed by atoms with E-state index in [0.29, 0.717) is 18.5 Å². The van der Waals surface area contributed by atoms with Gasteiger partial charge in [0.15, 0.2) is 0 Å². The van der Waals surface area contributed by atoms with Crippen molar-refractivity contribution in [3.63, 3.8) is 0 Å². The number of rotatable bonds is 6. The van der Waals surface area contributed by atoms with Crippen molar-refractivity contribution in [3.05, 3.63) is 47.9 Å². The van der Waals surface area contributed by atoms with Crippen LogP contribution in [0, 0.1) is 0 Å². The van der Waals surface area contributed by atoms with Crippen molar-refractivity contribution < 1.29 is 9.47 Å². The number of hydrogen-bond acceptors (Lipinski definition) is 6. The highest BCUT2D eigenvalue weighted by Crippen LogP contribution is 2.26. The van der Waals surface area contributed by atoms with E-state index < -0.39 is 0 Å². The molecule has 7 nitrogen and oxygen atoms in total. The number of likely N-dealkylation sites (tertiary alicyclic amines) is 1. The van der Waals surface area contributed by atoms with Crippen molar-refractivity contribution >= 4 is 10.8 Å². The van der Waals surface area contributed by atoms with Crippen LogP contribution < -0.4 is 4.74 Å². The van der Waals surface area contributed by atoms with E-state index >= 15 is 0 Å². The quantitative estimate of drug-likeness (QED) is 0.667. The highest BCUT2D eigenvalue weighted by Gasteiger charge is 2.19. The van der Waals surface area contributed by atoms with Gasteiger partial charge in [0.2, 0.25) is 5.88 Å². The molecular weight excluding hydrogens is 342 g/mol. The van der Waals surface area contributed by atoms with Crippen LogP contribution in [0.4, 0.5) is 0 Å². The lowest BCUT2D eigenvalue weighted by molar-refractivity contribution is 0.0385. The molecule has 0 saturated carbocycles. The van der Waals surface area contributed by atoms with Crippen molar-refractivity contribution in [2.24, 2.45) is 0 Å². The third-order valence-corrected chi connectivity index (χ3v) is 5.21. The molecule has 7 heteroatoms. The van der Waals surface area contributed by atoms with Crippen molar-refractivity contribution in [1.29, 1.82) is 0 Å². The Hall–Kier alpha value is -2.51. The van der Waals surface area contributed by atoms with Gasteiger partial charge in [-0.15, -0.1) is 5.10 Å². The van der Waals surface area contributed by atoms with Crippen molar-refractivity contribution in [3.8, 4) is 5.88 Å². The van der Waals surface area contributed by atoms with E-state index in [1.165, 1.54) is 0 Å². The molecule has 1 aromatic carbocycles. The van der Waals surface area contributed by atoms with E-state index in [-0.39, 0.29) is 0 Å². The number of aromatic nitrogens is 4. The summed E-state index contributed by atoms with van der Waals surface area (Å²) in [6.07, 6.45) is 6.44. The van der Waals surface area contributed by atoms with Crippen molar-refractivity contribution in [2.45, 2.75) is 32.0 Å². The molecule has 0 aliphatic carbocycles. The van der Waals surface area contributed by atoms with Gasteiger partial charge in [-0.2, -0.15) is 0 Å². The molecule has 142 valence electrons. The van der Waals surface area contributed by atoms with Gasteiger partial charge >= 0.3 is 0 Å². The molecule has 3 aromatic rings. The maximum Gasteiger partial charge on any atom is 0.221 e. The molecule has 3 heterocycles. The molecule has 1 fully saturated rings. The lowest BCUT2D eigenvalue weighted by atomic mass is 10.1. The number of pyridine rings is 1. The molecule has 4 rings (SSSR count). The minimum Gasteiger partial charge on any atom is -0.481 e. The van der Waals surface area contributed by atoms with Gasteiger partial charge in [0.05, 0.1) is 31.6 Å². The van der Waals surface area contributed by atoms with Gasteiger partial charge in [-0.05, 0) is 24.3 Å². The van der Waals surface area contributed by atoms with Crippen LogP contribution in [-0.2, 0) is 17.8 Å². The molecule has 0 amide bonds. The van der Waals surface area contributed by atoms with Gasteiger partial charge in [0.25, 0.3) is 0 Å². The molecule has 0 unspecified atom stereocenters. The SMILES string of the molecule is COc1ncc(Cn2cc(CN3CCC(OC)CC3)nn2)c2ccccc12.